The summed E-state index contributed by atoms with van der Waals surface area (Å²) in [5, 5.41) is 6.10. The summed E-state index contributed by atoms with van der Waals surface area (Å²) >= 11 is 0. The number of aromatic nitrogens is 1. The Morgan fingerprint density at radius 1 is 1.33 bits per heavy atom. The molecule has 1 heterocycles. The van der Waals surface area contributed by atoms with Crippen LogP contribution in [0.3, 0.4) is 0 Å². The molecule has 5 heteroatoms. The highest BCUT2D eigenvalue weighted by atomic mass is 16.4. The number of benzene rings is 1. The lowest BCUT2D eigenvalue weighted by atomic mass is 10.1. The number of rotatable bonds is 6. The summed E-state index contributed by atoms with van der Waals surface area (Å²) in [4.78, 5) is 16.4. The monoisotopic (exact) mass is 287 g/mol. The van der Waals surface area contributed by atoms with Crippen molar-refractivity contribution in [3.05, 3.63) is 47.7 Å². The molecule has 0 aliphatic heterocycles. The van der Waals surface area contributed by atoms with E-state index in [-0.39, 0.29) is 18.5 Å². The highest BCUT2D eigenvalue weighted by Crippen LogP contribution is 2.16. The molecule has 0 atom stereocenters. The van der Waals surface area contributed by atoms with Crippen molar-refractivity contribution in [3.8, 4) is 0 Å². The number of hydrogen-bond donors (Lipinski definition) is 2. The van der Waals surface area contributed by atoms with Gasteiger partial charge in [-0.1, -0.05) is 19.1 Å². The van der Waals surface area contributed by atoms with Crippen LogP contribution in [0, 0.1) is 0 Å². The number of carbonyl (C=O) groups excluding carboxylic acids is 1. The Kier molecular flexibility index (Phi) is 4.98. The van der Waals surface area contributed by atoms with Gasteiger partial charge in [0.2, 0.25) is 5.89 Å². The van der Waals surface area contributed by atoms with Gasteiger partial charge in [0.05, 0.1) is 18.3 Å². The van der Waals surface area contributed by atoms with Crippen LogP contribution >= 0.6 is 0 Å². The molecule has 0 bridgehead atoms. The molecule has 112 valence electrons. The molecule has 0 fully saturated rings. The van der Waals surface area contributed by atoms with Crippen LogP contribution in [0.15, 0.2) is 34.9 Å². The highest BCUT2D eigenvalue weighted by molar-refractivity contribution is 5.99. The zero-order chi connectivity index (χ0) is 15.2. The molecule has 0 aliphatic rings. The third-order valence-corrected chi connectivity index (χ3v) is 2.97. The SMILES string of the molecule is CCc1cnc(CNC(=O)c2ccccc2NC(C)C)o1. The molecule has 0 saturated carbocycles. The van der Waals surface area contributed by atoms with Crippen LogP contribution in [0.4, 0.5) is 5.69 Å². The molecular weight excluding hydrogens is 266 g/mol. The largest absolute Gasteiger partial charge is 0.444 e. The van der Waals surface area contributed by atoms with E-state index in [2.05, 4.69) is 15.6 Å². The van der Waals surface area contributed by atoms with Crippen LogP contribution in [-0.4, -0.2) is 16.9 Å². The zero-order valence-corrected chi connectivity index (χ0v) is 12.6. The standard InChI is InChI=1S/C16H21N3O2/c1-4-12-9-17-15(21-12)10-18-16(20)13-7-5-6-8-14(13)19-11(2)3/h5-9,11,19H,4,10H2,1-3H3,(H,18,20). The minimum Gasteiger partial charge on any atom is -0.444 e. The lowest BCUT2D eigenvalue weighted by Gasteiger charge is -2.14. The molecule has 0 spiro atoms. The molecule has 2 aromatic rings. The summed E-state index contributed by atoms with van der Waals surface area (Å²) in [6, 6.07) is 7.71. The van der Waals surface area contributed by atoms with Crippen LogP contribution in [0.25, 0.3) is 0 Å². The van der Waals surface area contributed by atoms with E-state index in [0.717, 1.165) is 17.9 Å². The van der Waals surface area contributed by atoms with Crippen molar-refractivity contribution in [1.82, 2.24) is 10.3 Å². The van der Waals surface area contributed by atoms with E-state index in [9.17, 15) is 4.79 Å². The van der Waals surface area contributed by atoms with E-state index in [1.165, 1.54) is 0 Å². The first kappa shape index (κ1) is 15.1. The summed E-state index contributed by atoms with van der Waals surface area (Å²) in [7, 11) is 0. The minimum atomic E-state index is -0.144. The van der Waals surface area contributed by atoms with Crippen molar-refractivity contribution in [3.63, 3.8) is 0 Å². The van der Waals surface area contributed by atoms with Crippen molar-refractivity contribution < 1.29 is 9.21 Å². The number of nitrogens with zero attached hydrogens (tertiary/aromatic N) is 1. The Morgan fingerprint density at radius 2 is 2.10 bits per heavy atom. The minimum absolute atomic E-state index is 0.144. The van der Waals surface area contributed by atoms with Gasteiger partial charge in [-0.25, -0.2) is 4.98 Å². The fraction of sp³-hybridized carbons (Fsp3) is 0.375. The van der Waals surface area contributed by atoms with Crippen molar-refractivity contribution >= 4 is 11.6 Å². The average Bonchev–Trinajstić information content (AvgIpc) is 2.93. The normalized spacial score (nSPS) is 10.7. The Labute approximate surface area is 124 Å². The number of anilines is 1. The number of aryl methyl sites for hydroxylation is 1. The molecule has 21 heavy (non-hydrogen) atoms. The van der Waals surface area contributed by atoms with Gasteiger partial charge in [-0.05, 0) is 26.0 Å². The molecule has 0 saturated heterocycles. The van der Waals surface area contributed by atoms with E-state index in [0.29, 0.717) is 11.5 Å². The van der Waals surface area contributed by atoms with Crippen molar-refractivity contribution in [1.29, 1.82) is 0 Å². The number of oxazole rings is 1. The van der Waals surface area contributed by atoms with Gasteiger partial charge < -0.3 is 15.1 Å². The molecule has 0 aliphatic carbocycles. The second kappa shape index (κ2) is 6.92. The molecule has 0 unspecified atom stereocenters. The predicted molar refractivity (Wildman–Crippen MR) is 82.3 cm³/mol. The van der Waals surface area contributed by atoms with Crippen LogP contribution in [0.1, 0.15) is 42.8 Å². The molecule has 2 rings (SSSR count). The Balaban J connectivity index is 2.03. The summed E-state index contributed by atoms with van der Waals surface area (Å²) < 4.78 is 5.47. The molecular formula is C16H21N3O2. The topological polar surface area (TPSA) is 67.2 Å². The maximum Gasteiger partial charge on any atom is 0.253 e. The van der Waals surface area contributed by atoms with Gasteiger partial charge >= 0.3 is 0 Å². The van der Waals surface area contributed by atoms with Gasteiger partial charge in [0.15, 0.2) is 0 Å². The van der Waals surface area contributed by atoms with Gasteiger partial charge in [-0.15, -0.1) is 0 Å². The second-order valence-electron chi connectivity index (χ2n) is 5.10. The van der Waals surface area contributed by atoms with Gasteiger partial charge in [-0.2, -0.15) is 0 Å². The molecule has 1 aromatic heterocycles. The molecule has 0 radical (unpaired) electrons. The number of para-hydroxylation sites is 1. The van der Waals surface area contributed by atoms with Gasteiger partial charge in [-0.3, -0.25) is 4.79 Å². The highest BCUT2D eigenvalue weighted by Gasteiger charge is 2.12. The smallest absolute Gasteiger partial charge is 0.253 e. The van der Waals surface area contributed by atoms with Gasteiger partial charge in [0.25, 0.3) is 5.91 Å². The van der Waals surface area contributed by atoms with Crippen LogP contribution in [0.2, 0.25) is 0 Å². The molecule has 2 N–H and O–H groups in total. The van der Waals surface area contributed by atoms with Crippen molar-refractivity contribution in [2.24, 2.45) is 0 Å². The number of nitrogens with one attached hydrogen (secondary N) is 2. The van der Waals surface area contributed by atoms with Crippen LogP contribution < -0.4 is 10.6 Å². The Bertz CT molecular complexity index is 605. The van der Waals surface area contributed by atoms with E-state index in [1.54, 1.807) is 12.3 Å². The molecule has 5 nitrogen and oxygen atoms in total. The van der Waals surface area contributed by atoms with Crippen LogP contribution in [-0.2, 0) is 13.0 Å². The van der Waals surface area contributed by atoms with E-state index in [1.807, 2.05) is 39.0 Å². The van der Waals surface area contributed by atoms with Crippen molar-refractivity contribution in [2.75, 3.05) is 5.32 Å². The number of hydrogen-bond acceptors (Lipinski definition) is 4. The summed E-state index contributed by atoms with van der Waals surface area (Å²) in [6.07, 6.45) is 2.48. The first-order chi connectivity index (χ1) is 10.1. The second-order valence-corrected chi connectivity index (χ2v) is 5.10. The number of amides is 1. The fourth-order valence-corrected chi connectivity index (χ4v) is 1.96. The predicted octanol–water partition coefficient (Wildman–Crippen LogP) is 2.99. The summed E-state index contributed by atoms with van der Waals surface area (Å²) in [5.41, 5.74) is 1.44. The summed E-state index contributed by atoms with van der Waals surface area (Å²) in [5.74, 6) is 1.20. The molecule has 1 aromatic carbocycles. The first-order valence-corrected chi connectivity index (χ1v) is 7.17. The third-order valence-electron chi connectivity index (χ3n) is 2.97. The third kappa shape index (κ3) is 4.08. The number of carbonyl (C=O) groups is 1. The Hall–Kier alpha value is -2.30. The van der Waals surface area contributed by atoms with E-state index < -0.39 is 0 Å². The van der Waals surface area contributed by atoms with Gasteiger partial charge in [0, 0.05) is 18.2 Å². The van der Waals surface area contributed by atoms with Crippen LogP contribution in [0.5, 0.6) is 0 Å². The molecule has 1 amide bonds. The first-order valence-electron chi connectivity index (χ1n) is 7.17. The lowest BCUT2D eigenvalue weighted by Crippen LogP contribution is -2.24. The van der Waals surface area contributed by atoms with Gasteiger partial charge in [0.1, 0.15) is 5.76 Å². The fourth-order valence-electron chi connectivity index (χ4n) is 1.96. The van der Waals surface area contributed by atoms with Crippen molar-refractivity contribution in [2.45, 2.75) is 39.8 Å². The maximum absolute atomic E-state index is 12.3. The van der Waals surface area contributed by atoms with E-state index in [4.69, 9.17) is 4.42 Å². The van der Waals surface area contributed by atoms with E-state index >= 15 is 0 Å². The maximum atomic E-state index is 12.3. The zero-order valence-electron chi connectivity index (χ0n) is 12.6. The quantitative estimate of drug-likeness (QED) is 0.857. The summed E-state index contributed by atoms with van der Waals surface area (Å²) in [6.45, 7) is 6.35. The Morgan fingerprint density at radius 3 is 2.76 bits per heavy atom. The lowest BCUT2D eigenvalue weighted by molar-refractivity contribution is 0.0948. The average molecular weight is 287 g/mol.